The van der Waals surface area contributed by atoms with E-state index in [1.54, 1.807) is 0 Å². The Morgan fingerprint density at radius 2 is 1.05 bits per heavy atom. The first-order valence-electron chi connectivity index (χ1n) is 19.3. The SMILES string of the molecule is C=C/C=C\c1cc(-c2ccc(-c3cc(-c4cc5ccccc5c5ccccc45)nc(-c4ccc(-c5cnc6ccccc6c5)cc4)n3)cc2)c2ccccc2c1C. The second-order valence-corrected chi connectivity index (χ2v) is 14.5. The molecule has 0 amide bonds. The molecule has 0 saturated carbocycles. The van der Waals surface area contributed by atoms with E-state index in [1.165, 1.54) is 43.6 Å². The summed E-state index contributed by atoms with van der Waals surface area (Å²) in [5, 5.41) is 8.38. The molecule has 0 fully saturated rings. The Labute approximate surface area is 332 Å². The van der Waals surface area contributed by atoms with Gasteiger partial charge < -0.3 is 0 Å². The highest BCUT2D eigenvalue weighted by molar-refractivity contribution is 6.13. The molecule has 8 aromatic carbocycles. The van der Waals surface area contributed by atoms with Crippen molar-refractivity contribution in [1.82, 2.24) is 15.0 Å². The van der Waals surface area contributed by atoms with Crippen LogP contribution in [0.5, 0.6) is 0 Å². The first kappa shape index (κ1) is 34.0. The summed E-state index contributed by atoms with van der Waals surface area (Å²) in [5.41, 5.74) is 12.7. The third-order valence-corrected chi connectivity index (χ3v) is 11.1. The van der Waals surface area contributed by atoms with E-state index in [4.69, 9.17) is 15.0 Å². The van der Waals surface area contributed by atoms with Crippen LogP contribution >= 0.6 is 0 Å². The van der Waals surface area contributed by atoms with E-state index >= 15 is 0 Å². The van der Waals surface area contributed by atoms with Crippen LogP contribution in [0.25, 0.3) is 105 Å². The predicted octanol–water partition coefficient (Wildman–Crippen LogP) is 14.3. The van der Waals surface area contributed by atoms with Gasteiger partial charge in [-0.3, -0.25) is 4.98 Å². The Morgan fingerprint density at radius 3 is 1.82 bits per heavy atom. The van der Waals surface area contributed by atoms with Crippen LogP contribution < -0.4 is 0 Å². The Morgan fingerprint density at radius 1 is 0.456 bits per heavy atom. The molecule has 0 aliphatic heterocycles. The zero-order chi connectivity index (χ0) is 38.3. The lowest BCUT2D eigenvalue weighted by Gasteiger charge is -2.15. The molecule has 0 aliphatic carbocycles. The van der Waals surface area contributed by atoms with Gasteiger partial charge in [0.15, 0.2) is 5.82 Å². The molecule has 268 valence electrons. The fraction of sp³-hybridized carbons (Fsp3) is 0.0185. The van der Waals surface area contributed by atoms with Gasteiger partial charge in [-0.1, -0.05) is 164 Å². The number of hydrogen-bond acceptors (Lipinski definition) is 3. The smallest absolute Gasteiger partial charge is 0.160 e. The van der Waals surface area contributed by atoms with Crippen molar-refractivity contribution in [3.05, 3.63) is 206 Å². The Hall–Kier alpha value is -7.49. The molecule has 10 aromatic rings. The number of allylic oxidation sites excluding steroid dienone is 2. The first-order valence-corrected chi connectivity index (χ1v) is 19.3. The van der Waals surface area contributed by atoms with Crippen LogP contribution in [0.4, 0.5) is 0 Å². The fourth-order valence-corrected chi connectivity index (χ4v) is 8.12. The molecule has 3 nitrogen and oxygen atoms in total. The summed E-state index contributed by atoms with van der Waals surface area (Å²) in [6.45, 7) is 6.08. The molecule has 57 heavy (non-hydrogen) atoms. The van der Waals surface area contributed by atoms with Crippen molar-refractivity contribution in [3.8, 4) is 56.2 Å². The van der Waals surface area contributed by atoms with E-state index in [0.29, 0.717) is 5.82 Å². The van der Waals surface area contributed by atoms with Crippen LogP contribution in [0.3, 0.4) is 0 Å². The average Bonchev–Trinajstić information content (AvgIpc) is 3.28. The third-order valence-electron chi connectivity index (χ3n) is 11.1. The van der Waals surface area contributed by atoms with Gasteiger partial charge in [-0.15, -0.1) is 0 Å². The van der Waals surface area contributed by atoms with Crippen molar-refractivity contribution in [1.29, 1.82) is 0 Å². The lowest BCUT2D eigenvalue weighted by atomic mass is 9.91. The van der Waals surface area contributed by atoms with Crippen molar-refractivity contribution < 1.29 is 0 Å². The molecule has 3 heteroatoms. The Bertz CT molecular complexity index is 3190. The van der Waals surface area contributed by atoms with E-state index < -0.39 is 0 Å². The van der Waals surface area contributed by atoms with Crippen LogP contribution in [0.1, 0.15) is 11.1 Å². The normalized spacial score (nSPS) is 11.6. The lowest BCUT2D eigenvalue weighted by molar-refractivity contribution is 1.19. The van der Waals surface area contributed by atoms with Gasteiger partial charge in [-0.25, -0.2) is 9.97 Å². The third kappa shape index (κ3) is 6.26. The highest BCUT2D eigenvalue weighted by Gasteiger charge is 2.16. The number of benzene rings is 8. The maximum atomic E-state index is 5.30. The lowest BCUT2D eigenvalue weighted by Crippen LogP contribution is -1.97. The first-order chi connectivity index (χ1) is 28.1. The Balaban J connectivity index is 1.11. The van der Waals surface area contributed by atoms with Crippen LogP contribution in [-0.4, -0.2) is 15.0 Å². The minimum absolute atomic E-state index is 0.676. The van der Waals surface area contributed by atoms with Crippen molar-refractivity contribution in [2.24, 2.45) is 0 Å². The van der Waals surface area contributed by atoms with Gasteiger partial charge in [0.2, 0.25) is 0 Å². The summed E-state index contributed by atoms with van der Waals surface area (Å²) in [7, 11) is 0. The molecule has 0 atom stereocenters. The molecular weight excluding hydrogens is 691 g/mol. The maximum absolute atomic E-state index is 5.30. The largest absolute Gasteiger partial charge is 0.256 e. The minimum atomic E-state index is 0.676. The number of hydrogen-bond donors (Lipinski definition) is 0. The second-order valence-electron chi connectivity index (χ2n) is 14.5. The van der Waals surface area contributed by atoms with Gasteiger partial charge in [0, 0.05) is 33.8 Å². The molecule has 0 aliphatic rings. The summed E-state index contributed by atoms with van der Waals surface area (Å²) >= 11 is 0. The minimum Gasteiger partial charge on any atom is -0.256 e. The van der Waals surface area contributed by atoms with Crippen molar-refractivity contribution >= 4 is 49.3 Å². The highest BCUT2D eigenvalue weighted by Crippen LogP contribution is 2.38. The molecule has 0 bridgehead atoms. The monoisotopic (exact) mass is 727 g/mol. The number of rotatable bonds is 7. The van der Waals surface area contributed by atoms with Crippen LogP contribution in [0.15, 0.2) is 195 Å². The number of aromatic nitrogens is 3. The fourth-order valence-electron chi connectivity index (χ4n) is 8.12. The van der Waals surface area contributed by atoms with Crippen molar-refractivity contribution in [2.45, 2.75) is 6.92 Å². The van der Waals surface area contributed by atoms with Crippen LogP contribution in [0, 0.1) is 6.92 Å². The predicted molar refractivity (Wildman–Crippen MR) is 241 cm³/mol. The molecule has 0 radical (unpaired) electrons. The molecule has 0 saturated heterocycles. The van der Waals surface area contributed by atoms with Gasteiger partial charge in [-0.2, -0.15) is 0 Å². The standard InChI is InChI=1S/C54H37N3/c1-3-4-13-40-31-49(46-18-9-8-16-44(46)35(40)2)37-24-26-38(27-25-37)52-33-53(50-32-41-14-5-7-17-45(41)47-19-10-11-20-48(47)50)57-54(56-52)39-28-22-36(23-29-39)43-30-42-15-6-12-21-51(42)55-34-43/h3-34H,1H2,2H3/b13-4-. The number of aryl methyl sites for hydroxylation is 1. The number of pyridine rings is 1. The van der Waals surface area contributed by atoms with E-state index in [-0.39, 0.29) is 0 Å². The second kappa shape index (κ2) is 14.3. The van der Waals surface area contributed by atoms with E-state index in [9.17, 15) is 0 Å². The molecule has 0 unspecified atom stereocenters. The van der Waals surface area contributed by atoms with Crippen molar-refractivity contribution in [3.63, 3.8) is 0 Å². The summed E-state index contributed by atoms with van der Waals surface area (Å²) in [4.78, 5) is 15.3. The quantitative estimate of drug-likeness (QED) is 0.121. The van der Waals surface area contributed by atoms with Gasteiger partial charge in [0.05, 0.1) is 16.9 Å². The number of nitrogens with zero attached hydrogens (tertiary/aromatic N) is 3. The van der Waals surface area contributed by atoms with E-state index in [2.05, 4.69) is 177 Å². The summed E-state index contributed by atoms with van der Waals surface area (Å²) in [6, 6.07) is 60.3. The molecule has 2 aromatic heterocycles. The summed E-state index contributed by atoms with van der Waals surface area (Å²) in [5.74, 6) is 0.676. The molecular formula is C54H37N3. The number of fused-ring (bicyclic) bond motifs is 5. The maximum Gasteiger partial charge on any atom is 0.160 e. The van der Waals surface area contributed by atoms with Gasteiger partial charge in [0.1, 0.15) is 0 Å². The zero-order valence-electron chi connectivity index (χ0n) is 31.5. The Kier molecular flexibility index (Phi) is 8.54. The van der Waals surface area contributed by atoms with Gasteiger partial charge in [-0.05, 0) is 97.4 Å². The van der Waals surface area contributed by atoms with Crippen LogP contribution in [-0.2, 0) is 0 Å². The summed E-state index contributed by atoms with van der Waals surface area (Å²) in [6.07, 6.45) is 7.91. The average molecular weight is 728 g/mol. The highest BCUT2D eigenvalue weighted by atomic mass is 14.9. The summed E-state index contributed by atoms with van der Waals surface area (Å²) < 4.78 is 0. The molecule has 10 rings (SSSR count). The molecule has 2 heterocycles. The van der Waals surface area contributed by atoms with E-state index in [1.807, 2.05) is 30.5 Å². The zero-order valence-corrected chi connectivity index (χ0v) is 31.5. The van der Waals surface area contributed by atoms with Crippen LogP contribution in [0.2, 0.25) is 0 Å². The molecule has 0 N–H and O–H groups in total. The van der Waals surface area contributed by atoms with Crippen molar-refractivity contribution in [2.75, 3.05) is 0 Å². The van der Waals surface area contributed by atoms with E-state index in [0.717, 1.165) is 61.1 Å². The topological polar surface area (TPSA) is 38.7 Å². The van der Waals surface area contributed by atoms with Gasteiger partial charge in [0.25, 0.3) is 0 Å². The van der Waals surface area contributed by atoms with Gasteiger partial charge >= 0.3 is 0 Å². The molecule has 0 spiro atoms. The number of para-hydroxylation sites is 1.